The summed E-state index contributed by atoms with van der Waals surface area (Å²) in [6, 6.07) is 4.78. The molecule has 1 atom stereocenters. The SMILES string of the molecule is Cl.c1cnc2c(c1)CCN1CCNCC21. The zero-order chi connectivity index (χ0) is 9.38. The normalized spacial score (nSPS) is 24.9. The molecule has 82 valence electrons. The summed E-state index contributed by atoms with van der Waals surface area (Å²) in [4.78, 5) is 7.07. The van der Waals surface area contributed by atoms with Gasteiger partial charge in [-0.3, -0.25) is 9.88 Å². The maximum Gasteiger partial charge on any atom is 0.0650 e. The molecule has 3 rings (SSSR count). The van der Waals surface area contributed by atoms with Crippen LogP contribution >= 0.6 is 12.4 Å². The van der Waals surface area contributed by atoms with E-state index in [1.54, 1.807) is 0 Å². The van der Waals surface area contributed by atoms with Crippen LogP contribution in [0.5, 0.6) is 0 Å². The number of nitrogens with zero attached hydrogens (tertiary/aromatic N) is 2. The van der Waals surface area contributed by atoms with E-state index in [0.29, 0.717) is 6.04 Å². The Morgan fingerprint density at radius 3 is 3.27 bits per heavy atom. The molecule has 1 aromatic heterocycles. The zero-order valence-corrected chi connectivity index (χ0v) is 9.46. The third kappa shape index (κ3) is 1.87. The maximum absolute atomic E-state index is 4.52. The molecule has 2 aliphatic rings. The molecule has 0 saturated carbocycles. The van der Waals surface area contributed by atoms with Crippen LogP contribution in [0.25, 0.3) is 0 Å². The molecule has 0 aliphatic carbocycles. The van der Waals surface area contributed by atoms with Gasteiger partial charge in [-0.15, -0.1) is 12.4 Å². The van der Waals surface area contributed by atoms with Gasteiger partial charge in [-0.25, -0.2) is 0 Å². The summed E-state index contributed by atoms with van der Waals surface area (Å²) in [6.07, 6.45) is 3.08. The van der Waals surface area contributed by atoms with Crippen molar-refractivity contribution >= 4 is 12.4 Å². The van der Waals surface area contributed by atoms with Gasteiger partial charge in [0.15, 0.2) is 0 Å². The minimum atomic E-state index is 0. The van der Waals surface area contributed by atoms with E-state index in [4.69, 9.17) is 0 Å². The Morgan fingerprint density at radius 2 is 2.33 bits per heavy atom. The number of halogens is 1. The van der Waals surface area contributed by atoms with Gasteiger partial charge in [-0.1, -0.05) is 6.07 Å². The highest BCUT2D eigenvalue weighted by Gasteiger charge is 2.29. The molecular formula is C11H16ClN3. The van der Waals surface area contributed by atoms with Crippen molar-refractivity contribution in [2.45, 2.75) is 12.5 Å². The smallest absolute Gasteiger partial charge is 0.0650 e. The summed E-state index contributed by atoms with van der Waals surface area (Å²) in [5.74, 6) is 0. The number of piperazine rings is 1. The maximum atomic E-state index is 4.52. The summed E-state index contributed by atoms with van der Waals surface area (Å²) < 4.78 is 0. The van der Waals surface area contributed by atoms with Gasteiger partial charge in [-0.05, 0) is 18.1 Å². The quantitative estimate of drug-likeness (QED) is 0.714. The molecule has 0 bridgehead atoms. The van der Waals surface area contributed by atoms with Crippen LogP contribution in [-0.2, 0) is 6.42 Å². The lowest BCUT2D eigenvalue weighted by molar-refractivity contribution is 0.148. The molecule has 1 aromatic rings. The van der Waals surface area contributed by atoms with Crippen molar-refractivity contribution in [1.82, 2.24) is 15.2 Å². The molecule has 1 fully saturated rings. The van der Waals surface area contributed by atoms with Crippen LogP contribution in [0.15, 0.2) is 18.3 Å². The summed E-state index contributed by atoms with van der Waals surface area (Å²) in [6.45, 7) is 4.55. The minimum absolute atomic E-state index is 0. The minimum Gasteiger partial charge on any atom is -0.313 e. The Labute approximate surface area is 96.3 Å². The molecule has 0 aromatic carbocycles. The van der Waals surface area contributed by atoms with Gasteiger partial charge < -0.3 is 5.32 Å². The first-order chi connectivity index (χ1) is 6.95. The van der Waals surface area contributed by atoms with Crippen molar-refractivity contribution in [3.63, 3.8) is 0 Å². The van der Waals surface area contributed by atoms with Gasteiger partial charge in [0, 0.05) is 32.4 Å². The summed E-state index contributed by atoms with van der Waals surface area (Å²) in [7, 11) is 0. The fourth-order valence-corrected chi connectivity index (χ4v) is 2.51. The number of hydrogen-bond acceptors (Lipinski definition) is 3. The van der Waals surface area contributed by atoms with Crippen LogP contribution in [0.2, 0.25) is 0 Å². The van der Waals surface area contributed by atoms with Crippen molar-refractivity contribution in [3.05, 3.63) is 29.6 Å². The summed E-state index contributed by atoms with van der Waals surface area (Å²) >= 11 is 0. The number of nitrogens with one attached hydrogen (secondary N) is 1. The number of fused-ring (bicyclic) bond motifs is 3. The van der Waals surface area contributed by atoms with Gasteiger partial charge >= 0.3 is 0 Å². The van der Waals surface area contributed by atoms with Crippen LogP contribution in [0, 0.1) is 0 Å². The number of aromatic nitrogens is 1. The van der Waals surface area contributed by atoms with E-state index in [1.807, 2.05) is 12.3 Å². The predicted octanol–water partition coefficient (Wildman–Crippen LogP) is 1.01. The molecule has 1 N–H and O–H groups in total. The van der Waals surface area contributed by atoms with E-state index in [0.717, 1.165) is 13.1 Å². The Bertz CT molecular complexity index is 342. The van der Waals surface area contributed by atoms with Crippen molar-refractivity contribution < 1.29 is 0 Å². The predicted molar refractivity (Wildman–Crippen MR) is 62.4 cm³/mol. The fourth-order valence-electron chi connectivity index (χ4n) is 2.51. The molecule has 3 nitrogen and oxygen atoms in total. The highest BCUT2D eigenvalue weighted by Crippen LogP contribution is 2.28. The Hall–Kier alpha value is -0.640. The first-order valence-electron chi connectivity index (χ1n) is 5.34. The van der Waals surface area contributed by atoms with Gasteiger partial charge in [0.2, 0.25) is 0 Å². The third-order valence-corrected chi connectivity index (χ3v) is 3.26. The van der Waals surface area contributed by atoms with Crippen LogP contribution < -0.4 is 5.32 Å². The lowest BCUT2D eigenvalue weighted by Gasteiger charge is -2.39. The largest absolute Gasteiger partial charge is 0.313 e. The molecule has 3 heterocycles. The van der Waals surface area contributed by atoms with Gasteiger partial charge in [-0.2, -0.15) is 0 Å². The van der Waals surface area contributed by atoms with Crippen LogP contribution in [0.4, 0.5) is 0 Å². The molecular weight excluding hydrogens is 210 g/mol. The molecule has 1 saturated heterocycles. The van der Waals surface area contributed by atoms with Crippen molar-refractivity contribution in [1.29, 1.82) is 0 Å². The lowest BCUT2D eigenvalue weighted by Crippen LogP contribution is -2.49. The van der Waals surface area contributed by atoms with E-state index in [1.165, 1.54) is 30.8 Å². The molecule has 0 spiro atoms. The summed E-state index contributed by atoms with van der Waals surface area (Å²) in [5.41, 5.74) is 2.74. The van der Waals surface area contributed by atoms with Crippen LogP contribution in [0.3, 0.4) is 0 Å². The second-order valence-electron chi connectivity index (χ2n) is 4.05. The molecule has 4 heteroatoms. The summed E-state index contributed by atoms with van der Waals surface area (Å²) in [5, 5.41) is 3.44. The number of rotatable bonds is 0. The topological polar surface area (TPSA) is 28.2 Å². The van der Waals surface area contributed by atoms with Gasteiger partial charge in [0.1, 0.15) is 0 Å². The van der Waals surface area contributed by atoms with Crippen LogP contribution in [-0.4, -0.2) is 36.1 Å². The fraction of sp³-hybridized carbons (Fsp3) is 0.545. The monoisotopic (exact) mass is 225 g/mol. The second kappa shape index (κ2) is 4.47. The van der Waals surface area contributed by atoms with Gasteiger partial charge in [0.05, 0.1) is 11.7 Å². The standard InChI is InChI=1S/C11H15N3.ClH/c1-2-9-3-6-14-7-5-12-8-10(14)11(9)13-4-1;/h1-2,4,10,12H,3,5-8H2;1H. The first kappa shape index (κ1) is 10.9. The van der Waals surface area contributed by atoms with E-state index >= 15 is 0 Å². The molecule has 0 radical (unpaired) electrons. The highest BCUT2D eigenvalue weighted by molar-refractivity contribution is 5.85. The van der Waals surface area contributed by atoms with Crippen molar-refractivity contribution in [2.75, 3.05) is 26.2 Å². The van der Waals surface area contributed by atoms with E-state index in [2.05, 4.69) is 21.3 Å². The average Bonchev–Trinajstić information content (AvgIpc) is 2.29. The van der Waals surface area contributed by atoms with E-state index < -0.39 is 0 Å². The second-order valence-corrected chi connectivity index (χ2v) is 4.05. The first-order valence-corrected chi connectivity index (χ1v) is 5.34. The van der Waals surface area contributed by atoms with Crippen LogP contribution in [0.1, 0.15) is 17.3 Å². The number of hydrogen-bond donors (Lipinski definition) is 1. The Kier molecular flexibility index (Phi) is 3.24. The Balaban J connectivity index is 0.000000853. The zero-order valence-electron chi connectivity index (χ0n) is 8.65. The average molecular weight is 226 g/mol. The van der Waals surface area contributed by atoms with E-state index in [9.17, 15) is 0 Å². The third-order valence-electron chi connectivity index (χ3n) is 3.26. The van der Waals surface area contributed by atoms with Crippen molar-refractivity contribution in [2.24, 2.45) is 0 Å². The van der Waals surface area contributed by atoms with Crippen molar-refractivity contribution in [3.8, 4) is 0 Å². The Morgan fingerprint density at radius 1 is 1.40 bits per heavy atom. The number of pyridine rings is 1. The van der Waals surface area contributed by atoms with Gasteiger partial charge in [0.25, 0.3) is 0 Å². The van der Waals surface area contributed by atoms with E-state index in [-0.39, 0.29) is 12.4 Å². The molecule has 2 aliphatic heterocycles. The highest BCUT2D eigenvalue weighted by atomic mass is 35.5. The lowest BCUT2D eigenvalue weighted by atomic mass is 9.96. The molecule has 0 amide bonds. The molecule has 1 unspecified atom stereocenters. The molecule has 15 heavy (non-hydrogen) atoms.